The van der Waals surface area contributed by atoms with Gasteiger partial charge in [0.2, 0.25) is 0 Å². The van der Waals surface area contributed by atoms with E-state index >= 15 is 0 Å². The van der Waals surface area contributed by atoms with Crippen molar-refractivity contribution in [3.05, 3.63) is 50.8 Å². The van der Waals surface area contributed by atoms with E-state index in [0.29, 0.717) is 20.8 Å². The average Bonchev–Trinajstić information content (AvgIpc) is 2.56. The lowest BCUT2D eigenvalue weighted by Gasteiger charge is -1.98. The Bertz CT molecular complexity index is 719. The molecule has 1 aromatic carbocycles. The molecule has 0 atom stereocenters. The summed E-state index contributed by atoms with van der Waals surface area (Å²) in [7, 11) is 0. The zero-order valence-electron chi connectivity index (χ0n) is 9.20. The van der Waals surface area contributed by atoms with E-state index in [-0.39, 0.29) is 0 Å². The van der Waals surface area contributed by atoms with Crippen LogP contribution in [0.25, 0.3) is 5.69 Å². The second-order valence-electron chi connectivity index (χ2n) is 3.41. The third-order valence-electron chi connectivity index (χ3n) is 2.35. The van der Waals surface area contributed by atoms with Gasteiger partial charge in [-0.15, -0.1) is 9.58 Å². The quantitative estimate of drug-likeness (QED) is 0.291. The minimum Gasteiger partial charge on any atom is -0.359 e. The summed E-state index contributed by atoms with van der Waals surface area (Å²) in [5.74, 6) is 13.2. The molecule has 18 heavy (non-hydrogen) atoms. The van der Waals surface area contributed by atoms with Gasteiger partial charge in [0.1, 0.15) is 0 Å². The molecule has 0 saturated heterocycles. The van der Waals surface area contributed by atoms with Crippen LogP contribution >= 0.6 is 0 Å². The molecule has 0 spiro atoms. The highest BCUT2D eigenvalue weighted by Crippen LogP contribution is 2.04. The van der Waals surface area contributed by atoms with Crippen LogP contribution in [0.5, 0.6) is 0 Å². The molecule has 0 bridgehead atoms. The Balaban J connectivity index is 2.62. The summed E-state index contributed by atoms with van der Waals surface area (Å²) in [6.07, 6.45) is 0. The molecule has 8 nitrogen and oxygen atoms in total. The van der Waals surface area contributed by atoms with Crippen molar-refractivity contribution in [2.75, 3.05) is 11.7 Å². The smallest absolute Gasteiger partial charge is 0.359 e. The maximum absolute atomic E-state index is 11.7. The van der Waals surface area contributed by atoms with Crippen LogP contribution in [0.1, 0.15) is 5.56 Å². The standard InChI is InChI=1S/C10H10N6O2/c11-6-5-7-1-3-8(4-2-7)14-9(17)15(12)16(13)10(14)18/h1-4H,11-13H2. The maximum atomic E-state index is 11.7. The maximum Gasteiger partial charge on any atom is 0.372 e. The van der Waals surface area contributed by atoms with Crippen molar-refractivity contribution >= 4 is 0 Å². The SMILES string of the molecule is NC#Cc1ccc(-n2c(=O)n(N)n(N)c2=O)cc1. The van der Waals surface area contributed by atoms with E-state index in [1.54, 1.807) is 24.3 Å². The second-order valence-corrected chi connectivity index (χ2v) is 3.41. The first-order valence-corrected chi connectivity index (χ1v) is 4.85. The predicted molar refractivity (Wildman–Crippen MR) is 65.7 cm³/mol. The first-order valence-electron chi connectivity index (χ1n) is 4.85. The lowest BCUT2D eigenvalue weighted by molar-refractivity contribution is 0.639. The Hall–Kier alpha value is -3.08. The van der Waals surface area contributed by atoms with E-state index in [9.17, 15) is 9.59 Å². The topological polar surface area (TPSA) is 127 Å². The van der Waals surface area contributed by atoms with Crippen LogP contribution in [0, 0.1) is 12.0 Å². The van der Waals surface area contributed by atoms with Crippen LogP contribution in [-0.2, 0) is 0 Å². The van der Waals surface area contributed by atoms with Crippen LogP contribution in [0.4, 0.5) is 0 Å². The lowest BCUT2D eigenvalue weighted by atomic mass is 10.2. The third kappa shape index (κ3) is 1.60. The van der Waals surface area contributed by atoms with Crippen LogP contribution in [0.2, 0.25) is 0 Å². The van der Waals surface area contributed by atoms with Gasteiger partial charge < -0.3 is 17.4 Å². The van der Waals surface area contributed by atoms with E-state index in [4.69, 9.17) is 17.4 Å². The molecule has 0 radical (unpaired) electrons. The van der Waals surface area contributed by atoms with E-state index in [1.807, 2.05) is 0 Å². The number of nitrogen functional groups attached to an aromatic ring is 2. The molecule has 8 heteroatoms. The average molecular weight is 246 g/mol. The zero-order chi connectivity index (χ0) is 13.3. The van der Waals surface area contributed by atoms with Crippen LogP contribution in [0.15, 0.2) is 33.9 Å². The van der Waals surface area contributed by atoms with E-state index in [1.165, 1.54) is 0 Å². The summed E-state index contributed by atoms with van der Waals surface area (Å²) in [6, 6.07) is 8.58. The molecular weight excluding hydrogens is 236 g/mol. The summed E-state index contributed by atoms with van der Waals surface area (Å²) in [5.41, 5.74) is 4.61. The van der Waals surface area contributed by atoms with Gasteiger partial charge in [-0.05, 0) is 30.2 Å². The van der Waals surface area contributed by atoms with Crippen LogP contribution in [-0.4, -0.2) is 14.1 Å². The monoisotopic (exact) mass is 246 g/mol. The van der Waals surface area contributed by atoms with Gasteiger partial charge in [0.05, 0.1) is 5.69 Å². The van der Waals surface area contributed by atoms with Crippen LogP contribution < -0.4 is 28.8 Å². The molecule has 0 fully saturated rings. The molecule has 2 aromatic rings. The number of hydrogen-bond acceptors (Lipinski definition) is 5. The highest BCUT2D eigenvalue weighted by molar-refractivity contribution is 5.41. The molecule has 1 aromatic heterocycles. The highest BCUT2D eigenvalue weighted by Gasteiger charge is 2.13. The lowest BCUT2D eigenvalue weighted by Crippen LogP contribution is -2.37. The molecule has 0 aliphatic carbocycles. The molecule has 6 N–H and O–H groups in total. The molecule has 92 valence electrons. The van der Waals surface area contributed by atoms with Crippen molar-refractivity contribution in [2.24, 2.45) is 5.73 Å². The van der Waals surface area contributed by atoms with Crippen molar-refractivity contribution in [1.29, 1.82) is 0 Å². The number of hydrogen-bond donors (Lipinski definition) is 3. The Morgan fingerprint density at radius 1 is 0.944 bits per heavy atom. The largest absolute Gasteiger partial charge is 0.372 e. The van der Waals surface area contributed by atoms with E-state index < -0.39 is 11.4 Å². The summed E-state index contributed by atoms with van der Waals surface area (Å²) in [4.78, 5) is 24.4. The van der Waals surface area contributed by atoms with Gasteiger partial charge >= 0.3 is 11.4 Å². The van der Waals surface area contributed by atoms with Gasteiger partial charge in [-0.3, -0.25) is 0 Å². The van der Waals surface area contributed by atoms with Crippen molar-refractivity contribution < 1.29 is 0 Å². The Morgan fingerprint density at radius 2 is 1.44 bits per heavy atom. The van der Waals surface area contributed by atoms with Gasteiger partial charge in [0, 0.05) is 11.6 Å². The molecule has 1 heterocycles. The Morgan fingerprint density at radius 3 is 1.89 bits per heavy atom. The molecule has 0 unspecified atom stereocenters. The zero-order valence-corrected chi connectivity index (χ0v) is 9.20. The molecule has 0 saturated carbocycles. The van der Waals surface area contributed by atoms with Gasteiger partial charge in [0.15, 0.2) is 0 Å². The van der Waals surface area contributed by atoms with Crippen molar-refractivity contribution in [2.45, 2.75) is 0 Å². The molecule has 0 aliphatic rings. The Labute approximate surface area is 101 Å². The van der Waals surface area contributed by atoms with Crippen LogP contribution in [0.3, 0.4) is 0 Å². The summed E-state index contributed by atoms with van der Waals surface area (Å²) >= 11 is 0. The molecular formula is C10H10N6O2. The summed E-state index contributed by atoms with van der Waals surface area (Å²) < 4.78 is 0.847. The molecule has 0 amide bonds. The first-order chi connectivity index (χ1) is 8.56. The van der Waals surface area contributed by atoms with Crippen molar-refractivity contribution in [3.63, 3.8) is 0 Å². The van der Waals surface area contributed by atoms with Gasteiger partial charge in [-0.1, -0.05) is 0 Å². The molecule has 2 rings (SSSR count). The number of nitrogens with two attached hydrogens (primary N) is 3. The van der Waals surface area contributed by atoms with Crippen molar-refractivity contribution in [3.8, 4) is 17.7 Å². The van der Waals surface area contributed by atoms with Gasteiger partial charge in [-0.25, -0.2) is 14.2 Å². The fourth-order valence-corrected chi connectivity index (χ4v) is 1.47. The highest BCUT2D eigenvalue weighted by atomic mass is 16.2. The third-order valence-corrected chi connectivity index (χ3v) is 2.35. The number of aromatic nitrogens is 3. The number of nitrogens with zero attached hydrogens (tertiary/aromatic N) is 3. The van der Waals surface area contributed by atoms with Gasteiger partial charge in [0.25, 0.3) is 0 Å². The minimum atomic E-state index is -0.736. The minimum absolute atomic E-state index is 0.343. The fourth-order valence-electron chi connectivity index (χ4n) is 1.47. The van der Waals surface area contributed by atoms with Gasteiger partial charge in [-0.2, -0.15) is 0 Å². The fraction of sp³-hybridized carbons (Fsp3) is 0. The molecule has 0 aliphatic heterocycles. The van der Waals surface area contributed by atoms with Crippen molar-refractivity contribution in [1.82, 2.24) is 14.1 Å². The first kappa shape index (κ1) is 11.4. The summed E-state index contributed by atoms with van der Waals surface area (Å²) in [5, 5.41) is 0. The Kier molecular flexibility index (Phi) is 2.57. The predicted octanol–water partition coefficient (Wildman–Crippen LogP) is -2.50. The number of benzene rings is 1. The summed E-state index contributed by atoms with van der Waals surface area (Å²) in [6.45, 7) is 0. The second kappa shape index (κ2) is 4.06. The van der Waals surface area contributed by atoms with E-state index in [2.05, 4.69) is 12.0 Å². The van der Waals surface area contributed by atoms with E-state index in [0.717, 1.165) is 4.57 Å². The normalized spacial score (nSPS) is 9.78. The number of rotatable bonds is 1.